The fourth-order valence-electron chi connectivity index (χ4n) is 2.74. The van der Waals surface area contributed by atoms with Crippen LogP contribution in [0.5, 0.6) is 0 Å². The first-order valence-corrected chi connectivity index (χ1v) is 8.33. The highest BCUT2D eigenvalue weighted by Crippen LogP contribution is 2.23. The van der Waals surface area contributed by atoms with Crippen molar-refractivity contribution < 1.29 is 9.59 Å². The number of nitrogens with one attached hydrogen (secondary N) is 2. The van der Waals surface area contributed by atoms with Crippen LogP contribution in [0, 0.1) is 5.92 Å². The van der Waals surface area contributed by atoms with Crippen molar-refractivity contribution in [2.24, 2.45) is 5.92 Å². The number of amides is 2. The maximum atomic E-state index is 12.2. The summed E-state index contributed by atoms with van der Waals surface area (Å²) >= 11 is 0. The molecule has 0 unspecified atom stereocenters. The van der Waals surface area contributed by atoms with Crippen molar-refractivity contribution in [3.8, 4) is 0 Å². The number of hydrogen-bond acceptors (Lipinski definition) is 3. The third-order valence-electron chi connectivity index (χ3n) is 3.98. The molecular formula is C17H33N3O2. The van der Waals surface area contributed by atoms with Gasteiger partial charge < -0.3 is 10.6 Å². The number of nitrogens with zero attached hydrogens (tertiary/aromatic N) is 1. The molecule has 1 fully saturated rings. The fourth-order valence-corrected chi connectivity index (χ4v) is 2.74. The summed E-state index contributed by atoms with van der Waals surface area (Å²) < 4.78 is 0. The van der Waals surface area contributed by atoms with Gasteiger partial charge in [0.25, 0.3) is 0 Å². The highest BCUT2D eigenvalue weighted by atomic mass is 16.2. The lowest BCUT2D eigenvalue weighted by molar-refractivity contribution is -0.127. The third kappa shape index (κ3) is 6.77. The Morgan fingerprint density at radius 1 is 1.05 bits per heavy atom. The molecule has 2 amide bonds. The van der Waals surface area contributed by atoms with Crippen molar-refractivity contribution in [1.29, 1.82) is 0 Å². The molecule has 0 spiro atoms. The standard InChI is InChI=1S/C17H33N3O2/c1-16(2,3)19-14(21)7-10-18-15(22)13-8-11-20(12-9-13)17(4,5)6/h13H,7-12H2,1-6H3,(H,18,22)(H,19,21). The second kappa shape index (κ2) is 7.44. The van der Waals surface area contributed by atoms with Gasteiger partial charge in [0.1, 0.15) is 0 Å². The van der Waals surface area contributed by atoms with E-state index in [0.29, 0.717) is 13.0 Å². The van der Waals surface area contributed by atoms with Crippen molar-refractivity contribution in [1.82, 2.24) is 15.5 Å². The molecule has 0 saturated carbocycles. The molecule has 5 nitrogen and oxygen atoms in total. The van der Waals surface area contributed by atoms with Crippen LogP contribution in [0.2, 0.25) is 0 Å². The molecule has 1 heterocycles. The molecule has 1 rings (SSSR count). The Kier molecular flexibility index (Phi) is 6.41. The molecule has 0 aromatic heterocycles. The topological polar surface area (TPSA) is 61.4 Å². The van der Waals surface area contributed by atoms with Gasteiger partial charge in [-0.25, -0.2) is 0 Å². The van der Waals surface area contributed by atoms with E-state index in [1.165, 1.54) is 0 Å². The van der Waals surface area contributed by atoms with Crippen molar-refractivity contribution >= 4 is 11.8 Å². The van der Waals surface area contributed by atoms with Crippen LogP contribution in [0.4, 0.5) is 0 Å². The molecule has 2 N–H and O–H groups in total. The largest absolute Gasteiger partial charge is 0.355 e. The molecule has 0 aliphatic carbocycles. The predicted octanol–water partition coefficient (Wildman–Crippen LogP) is 1.92. The zero-order chi connectivity index (χ0) is 17.0. The van der Waals surface area contributed by atoms with Gasteiger partial charge in [-0.2, -0.15) is 0 Å². The Morgan fingerprint density at radius 2 is 1.59 bits per heavy atom. The summed E-state index contributed by atoms with van der Waals surface area (Å²) in [6.07, 6.45) is 2.14. The maximum absolute atomic E-state index is 12.2. The molecule has 128 valence electrons. The van der Waals surface area contributed by atoms with E-state index in [4.69, 9.17) is 0 Å². The Morgan fingerprint density at radius 3 is 2.05 bits per heavy atom. The fraction of sp³-hybridized carbons (Fsp3) is 0.882. The lowest BCUT2D eigenvalue weighted by Crippen LogP contribution is -2.48. The molecule has 0 aromatic rings. The molecule has 1 aliphatic heterocycles. The van der Waals surface area contributed by atoms with E-state index in [0.717, 1.165) is 25.9 Å². The summed E-state index contributed by atoms with van der Waals surface area (Å²) in [7, 11) is 0. The first kappa shape index (κ1) is 18.9. The Bertz CT molecular complexity index is 386. The van der Waals surface area contributed by atoms with Gasteiger partial charge in [0.2, 0.25) is 11.8 Å². The number of carbonyl (C=O) groups is 2. The smallest absolute Gasteiger partial charge is 0.223 e. The van der Waals surface area contributed by atoms with Gasteiger partial charge in [0, 0.05) is 30.0 Å². The van der Waals surface area contributed by atoms with Gasteiger partial charge in [-0.05, 0) is 67.5 Å². The minimum Gasteiger partial charge on any atom is -0.355 e. The summed E-state index contributed by atoms with van der Waals surface area (Å²) in [5.41, 5.74) is -0.0482. The minimum absolute atomic E-state index is 0.0182. The van der Waals surface area contributed by atoms with Crippen molar-refractivity contribution in [3.63, 3.8) is 0 Å². The molecule has 0 atom stereocenters. The van der Waals surface area contributed by atoms with Crippen LogP contribution in [0.1, 0.15) is 60.8 Å². The number of carbonyl (C=O) groups excluding carboxylic acids is 2. The molecular weight excluding hydrogens is 278 g/mol. The summed E-state index contributed by atoms with van der Waals surface area (Å²) in [5.74, 6) is 0.164. The summed E-state index contributed by atoms with van der Waals surface area (Å²) in [6.45, 7) is 14.8. The Balaban J connectivity index is 2.26. The lowest BCUT2D eigenvalue weighted by atomic mass is 9.92. The van der Waals surface area contributed by atoms with Gasteiger partial charge in [-0.3, -0.25) is 14.5 Å². The van der Waals surface area contributed by atoms with E-state index in [1.54, 1.807) is 0 Å². The Labute approximate surface area is 135 Å². The Hall–Kier alpha value is -1.10. The molecule has 0 aromatic carbocycles. The van der Waals surface area contributed by atoms with Gasteiger partial charge >= 0.3 is 0 Å². The SMILES string of the molecule is CC(C)(C)NC(=O)CCNC(=O)C1CCN(C(C)(C)C)CC1. The first-order valence-electron chi connectivity index (χ1n) is 8.33. The van der Waals surface area contributed by atoms with Crippen LogP contribution in [-0.2, 0) is 9.59 Å². The van der Waals surface area contributed by atoms with Crippen LogP contribution in [0.15, 0.2) is 0 Å². The monoisotopic (exact) mass is 311 g/mol. The van der Waals surface area contributed by atoms with Crippen LogP contribution in [0.3, 0.4) is 0 Å². The molecule has 1 aliphatic rings. The van der Waals surface area contributed by atoms with E-state index in [-0.39, 0.29) is 28.8 Å². The summed E-state index contributed by atoms with van der Waals surface area (Å²) in [6, 6.07) is 0. The number of rotatable bonds is 4. The quantitative estimate of drug-likeness (QED) is 0.834. The van der Waals surface area contributed by atoms with Crippen LogP contribution < -0.4 is 10.6 Å². The van der Waals surface area contributed by atoms with Crippen molar-refractivity contribution in [2.75, 3.05) is 19.6 Å². The second-order valence-electron chi connectivity index (χ2n) is 8.27. The highest BCUT2D eigenvalue weighted by Gasteiger charge is 2.30. The lowest BCUT2D eigenvalue weighted by Gasteiger charge is -2.40. The molecule has 1 saturated heterocycles. The molecule has 0 radical (unpaired) electrons. The van der Waals surface area contributed by atoms with Crippen LogP contribution in [-0.4, -0.2) is 47.4 Å². The number of likely N-dealkylation sites (tertiary alicyclic amines) is 1. The van der Waals surface area contributed by atoms with Crippen molar-refractivity contribution in [3.05, 3.63) is 0 Å². The van der Waals surface area contributed by atoms with E-state index < -0.39 is 0 Å². The molecule has 0 bridgehead atoms. The molecule has 5 heteroatoms. The zero-order valence-corrected chi connectivity index (χ0v) is 15.1. The van der Waals surface area contributed by atoms with E-state index in [9.17, 15) is 9.59 Å². The van der Waals surface area contributed by atoms with Gasteiger partial charge in [-0.15, -0.1) is 0 Å². The number of hydrogen-bond donors (Lipinski definition) is 2. The van der Waals surface area contributed by atoms with Crippen LogP contribution >= 0.6 is 0 Å². The van der Waals surface area contributed by atoms with Gasteiger partial charge in [0.05, 0.1) is 0 Å². The van der Waals surface area contributed by atoms with E-state index >= 15 is 0 Å². The average molecular weight is 311 g/mol. The maximum Gasteiger partial charge on any atom is 0.223 e. The molecule has 22 heavy (non-hydrogen) atoms. The summed E-state index contributed by atoms with van der Waals surface area (Å²) in [5, 5.41) is 5.80. The van der Waals surface area contributed by atoms with Crippen molar-refractivity contribution in [2.45, 2.75) is 71.9 Å². The zero-order valence-electron chi connectivity index (χ0n) is 15.1. The summed E-state index contributed by atoms with van der Waals surface area (Å²) in [4.78, 5) is 26.3. The normalized spacial score (nSPS) is 18.1. The average Bonchev–Trinajstić information content (AvgIpc) is 2.35. The third-order valence-corrected chi connectivity index (χ3v) is 3.98. The minimum atomic E-state index is -0.221. The van der Waals surface area contributed by atoms with E-state index in [2.05, 4.69) is 36.3 Å². The predicted molar refractivity (Wildman–Crippen MR) is 89.6 cm³/mol. The first-order chi connectivity index (χ1) is 9.99. The van der Waals surface area contributed by atoms with Crippen LogP contribution in [0.25, 0.3) is 0 Å². The van der Waals surface area contributed by atoms with Gasteiger partial charge in [-0.1, -0.05) is 0 Å². The van der Waals surface area contributed by atoms with E-state index in [1.807, 2.05) is 20.8 Å². The highest BCUT2D eigenvalue weighted by molar-refractivity contribution is 5.80. The van der Waals surface area contributed by atoms with Gasteiger partial charge in [0.15, 0.2) is 0 Å². The second-order valence-corrected chi connectivity index (χ2v) is 8.27. The number of piperidine rings is 1.